The van der Waals surface area contributed by atoms with Crippen LogP contribution in [-0.4, -0.2) is 11.8 Å². The highest BCUT2D eigenvalue weighted by Gasteiger charge is 2.30. The number of aryl methyl sites for hydroxylation is 2. The Morgan fingerprint density at radius 2 is 1.85 bits per heavy atom. The Kier molecular flexibility index (Phi) is 4.12. The van der Waals surface area contributed by atoms with Crippen LogP contribution in [0.15, 0.2) is 65.0 Å². The van der Waals surface area contributed by atoms with Gasteiger partial charge in [-0.3, -0.25) is 4.79 Å². The van der Waals surface area contributed by atoms with Crippen LogP contribution in [0.2, 0.25) is 0 Å². The minimum absolute atomic E-state index is 0.171. The van der Waals surface area contributed by atoms with E-state index in [1.165, 1.54) is 6.26 Å². The molecule has 0 amide bonds. The first-order valence-corrected chi connectivity index (χ1v) is 8.42. The summed E-state index contributed by atoms with van der Waals surface area (Å²) >= 11 is 0. The lowest BCUT2D eigenvalue weighted by atomic mass is 10.0. The lowest BCUT2D eigenvalue weighted by Gasteiger charge is -2.08. The van der Waals surface area contributed by atoms with Crippen molar-refractivity contribution >= 4 is 17.8 Å². The number of benzene rings is 2. The Bertz CT molecular complexity index is 1060. The summed E-state index contributed by atoms with van der Waals surface area (Å²) in [7, 11) is 0. The van der Waals surface area contributed by atoms with E-state index in [1.54, 1.807) is 49.4 Å². The summed E-state index contributed by atoms with van der Waals surface area (Å²) in [6, 6.07) is 13.8. The molecular weight excluding hydrogens is 344 g/mol. The van der Waals surface area contributed by atoms with Crippen molar-refractivity contribution < 1.29 is 23.5 Å². The van der Waals surface area contributed by atoms with Crippen LogP contribution >= 0.6 is 0 Å². The van der Waals surface area contributed by atoms with E-state index in [0.717, 1.165) is 5.56 Å². The molecule has 0 radical (unpaired) electrons. The molecule has 5 nitrogen and oxygen atoms in total. The molecule has 1 aliphatic rings. The Labute approximate surface area is 155 Å². The minimum Gasteiger partial charge on any atom is -0.465 e. The summed E-state index contributed by atoms with van der Waals surface area (Å²) in [4.78, 5) is 24.9. The number of rotatable bonds is 3. The fourth-order valence-electron chi connectivity index (χ4n) is 2.89. The molecule has 0 unspecified atom stereocenters. The quantitative estimate of drug-likeness (QED) is 0.384. The van der Waals surface area contributed by atoms with Crippen LogP contribution in [0, 0.1) is 13.8 Å². The van der Waals surface area contributed by atoms with Gasteiger partial charge in [0.25, 0.3) is 0 Å². The largest absolute Gasteiger partial charge is 0.465 e. The van der Waals surface area contributed by atoms with Crippen molar-refractivity contribution in [2.45, 2.75) is 13.8 Å². The molecule has 0 saturated carbocycles. The molecule has 1 aliphatic heterocycles. The Morgan fingerprint density at radius 1 is 1.07 bits per heavy atom. The lowest BCUT2D eigenvalue weighted by molar-refractivity contribution is 0.0734. The summed E-state index contributed by atoms with van der Waals surface area (Å²) in [6.45, 7) is 3.72. The fraction of sp³-hybridized carbons (Fsp3) is 0.0909. The van der Waals surface area contributed by atoms with Crippen molar-refractivity contribution in [1.82, 2.24) is 0 Å². The smallest absolute Gasteiger partial charge is 0.343 e. The van der Waals surface area contributed by atoms with Crippen LogP contribution in [-0.2, 0) is 0 Å². The molecule has 0 bridgehead atoms. The molecule has 0 saturated heterocycles. The molecule has 134 valence electrons. The zero-order valence-corrected chi connectivity index (χ0v) is 14.8. The molecule has 0 atom stereocenters. The summed E-state index contributed by atoms with van der Waals surface area (Å²) in [5, 5.41) is 0. The number of esters is 1. The van der Waals surface area contributed by atoms with Crippen molar-refractivity contribution in [3.8, 4) is 11.5 Å². The van der Waals surface area contributed by atoms with Gasteiger partial charge in [-0.1, -0.05) is 17.7 Å². The maximum absolute atomic E-state index is 12.6. The van der Waals surface area contributed by atoms with Crippen molar-refractivity contribution in [3.05, 3.63) is 88.6 Å². The summed E-state index contributed by atoms with van der Waals surface area (Å²) in [6.07, 6.45) is 3.06. The normalized spacial score (nSPS) is 14.1. The molecule has 5 heteroatoms. The number of Topliss-reactive ketones (excluding diaryl/α,β-unsaturated/α-hetero) is 1. The predicted octanol–water partition coefficient (Wildman–Crippen LogP) is 4.73. The van der Waals surface area contributed by atoms with Crippen LogP contribution in [0.1, 0.15) is 37.6 Å². The second-order valence-corrected chi connectivity index (χ2v) is 6.32. The van der Waals surface area contributed by atoms with Crippen LogP contribution in [0.25, 0.3) is 6.08 Å². The van der Waals surface area contributed by atoms with Crippen molar-refractivity contribution in [2.24, 2.45) is 0 Å². The van der Waals surface area contributed by atoms with Gasteiger partial charge >= 0.3 is 5.97 Å². The van der Waals surface area contributed by atoms with Gasteiger partial charge in [-0.15, -0.1) is 0 Å². The molecule has 1 aromatic heterocycles. The Morgan fingerprint density at radius 3 is 2.56 bits per heavy atom. The highest BCUT2D eigenvalue weighted by molar-refractivity contribution is 6.15. The standard InChI is InChI=1S/C22H16O5/c1-13-5-7-15(8-6-13)22(24)26-17-10-14(2)20-18(12-17)27-19(21(20)23)11-16-4-3-9-25-16/h3-12H,1-2H3/b19-11-. The van der Waals surface area contributed by atoms with Crippen molar-refractivity contribution in [1.29, 1.82) is 0 Å². The maximum atomic E-state index is 12.6. The van der Waals surface area contributed by atoms with Gasteiger partial charge in [0, 0.05) is 12.1 Å². The van der Waals surface area contributed by atoms with E-state index in [4.69, 9.17) is 13.9 Å². The second kappa shape index (κ2) is 6.61. The zero-order chi connectivity index (χ0) is 19.0. The van der Waals surface area contributed by atoms with Gasteiger partial charge in [0.15, 0.2) is 5.76 Å². The number of hydrogen-bond donors (Lipinski definition) is 0. The van der Waals surface area contributed by atoms with E-state index in [9.17, 15) is 9.59 Å². The third kappa shape index (κ3) is 3.27. The average molecular weight is 360 g/mol. The highest BCUT2D eigenvalue weighted by atomic mass is 16.5. The first kappa shape index (κ1) is 16.8. The zero-order valence-electron chi connectivity index (χ0n) is 14.8. The third-order valence-electron chi connectivity index (χ3n) is 4.26. The van der Waals surface area contributed by atoms with E-state index in [-0.39, 0.29) is 11.5 Å². The van der Waals surface area contributed by atoms with Crippen LogP contribution in [0.5, 0.6) is 11.5 Å². The first-order valence-electron chi connectivity index (χ1n) is 8.42. The van der Waals surface area contributed by atoms with Crippen LogP contribution in [0.4, 0.5) is 0 Å². The fourth-order valence-corrected chi connectivity index (χ4v) is 2.89. The summed E-state index contributed by atoms with van der Waals surface area (Å²) < 4.78 is 16.4. The van der Waals surface area contributed by atoms with E-state index in [2.05, 4.69) is 0 Å². The third-order valence-corrected chi connectivity index (χ3v) is 4.26. The van der Waals surface area contributed by atoms with Gasteiger partial charge in [-0.25, -0.2) is 4.79 Å². The molecular formula is C22H16O5. The topological polar surface area (TPSA) is 65.7 Å². The van der Waals surface area contributed by atoms with E-state index >= 15 is 0 Å². The highest BCUT2D eigenvalue weighted by Crippen LogP contribution is 2.37. The van der Waals surface area contributed by atoms with E-state index in [0.29, 0.717) is 33.9 Å². The Balaban J connectivity index is 1.60. The summed E-state index contributed by atoms with van der Waals surface area (Å²) in [5.74, 6) is 0.689. The molecule has 4 rings (SSSR count). The van der Waals surface area contributed by atoms with E-state index in [1.807, 2.05) is 19.1 Å². The summed E-state index contributed by atoms with van der Waals surface area (Å²) in [5.41, 5.74) is 2.65. The second-order valence-electron chi connectivity index (χ2n) is 6.32. The number of carbonyl (C=O) groups excluding carboxylic acids is 2. The number of ether oxygens (including phenoxy) is 2. The molecule has 0 aliphatic carbocycles. The average Bonchev–Trinajstić information content (AvgIpc) is 3.24. The van der Waals surface area contributed by atoms with Gasteiger partial charge in [0.05, 0.1) is 17.4 Å². The molecule has 2 heterocycles. The molecule has 0 spiro atoms. The van der Waals surface area contributed by atoms with Gasteiger partial charge in [-0.05, 0) is 49.7 Å². The lowest BCUT2D eigenvalue weighted by Crippen LogP contribution is -2.08. The number of furan rings is 1. The number of hydrogen-bond acceptors (Lipinski definition) is 5. The van der Waals surface area contributed by atoms with Gasteiger partial charge in [0.1, 0.15) is 17.3 Å². The number of carbonyl (C=O) groups is 2. The van der Waals surface area contributed by atoms with Gasteiger partial charge in [-0.2, -0.15) is 0 Å². The number of ketones is 1. The molecule has 3 aromatic rings. The molecule has 0 N–H and O–H groups in total. The number of allylic oxidation sites excluding steroid dienone is 1. The van der Waals surface area contributed by atoms with Gasteiger partial charge < -0.3 is 13.9 Å². The van der Waals surface area contributed by atoms with Crippen molar-refractivity contribution in [2.75, 3.05) is 0 Å². The molecule has 0 fully saturated rings. The van der Waals surface area contributed by atoms with E-state index < -0.39 is 5.97 Å². The molecule has 2 aromatic carbocycles. The van der Waals surface area contributed by atoms with Crippen molar-refractivity contribution in [3.63, 3.8) is 0 Å². The monoisotopic (exact) mass is 360 g/mol. The Hall–Kier alpha value is -3.60. The molecule has 27 heavy (non-hydrogen) atoms. The number of fused-ring (bicyclic) bond motifs is 1. The first-order chi connectivity index (χ1) is 13.0. The van der Waals surface area contributed by atoms with Gasteiger partial charge in [0.2, 0.25) is 5.78 Å². The van der Waals surface area contributed by atoms with Crippen LogP contribution in [0.3, 0.4) is 0 Å². The maximum Gasteiger partial charge on any atom is 0.343 e. The minimum atomic E-state index is -0.468. The van der Waals surface area contributed by atoms with Crippen LogP contribution < -0.4 is 9.47 Å². The predicted molar refractivity (Wildman–Crippen MR) is 99.0 cm³/mol. The SMILES string of the molecule is Cc1ccc(C(=O)Oc2cc(C)c3c(c2)O/C(=C\c2ccco2)C3=O)cc1.